The summed E-state index contributed by atoms with van der Waals surface area (Å²) in [6.07, 6.45) is 3.72. The molecule has 4 aromatic rings. The van der Waals surface area contributed by atoms with Crippen LogP contribution in [0.1, 0.15) is 5.56 Å². The minimum Gasteiger partial charge on any atom is -0.497 e. The third kappa shape index (κ3) is 3.60. The van der Waals surface area contributed by atoms with Crippen molar-refractivity contribution in [2.75, 3.05) is 12.4 Å². The van der Waals surface area contributed by atoms with Crippen molar-refractivity contribution < 1.29 is 13.5 Å². The van der Waals surface area contributed by atoms with E-state index in [1.165, 1.54) is 12.1 Å². The molecule has 4 nitrogen and oxygen atoms in total. The molecule has 0 fully saturated rings. The molecule has 136 valence electrons. The van der Waals surface area contributed by atoms with Gasteiger partial charge >= 0.3 is 0 Å². The zero-order valence-electron chi connectivity index (χ0n) is 14.6. The Morgan fingerprint density at radius 3 is 2.44 bits per heavy atom. The Morgan fingerprint density at radius 1 is 1.00 bits per heavy atom. The highest BCUT2D eigenvalue weighted by atomic mass is 19.1. The van der Waals surface area contributed by atoms with E-state index in [9.17, 15) is 8.78 Å². The van der Waals surface area contributed by atoms with Crippen molar-refractivity contribution in [3.63, 3.8) is 0 Å². The summed E-state index contributed by atoms with van der Waals surface area (Å²) in [5.41, 5.74) is 4.11. The average Bonchev–Trinajstić information content (AvgIpc) is 3.09. The number of halogens is 2. The van der Waals surface area contributed by atoms with Gasteiger partial charge in [-0.1, -0.05) is 0 Å². The van der Waals surface area contributed by atoms with Crippen LogP contribution in [0, 0.1) is 11.6 Å². The summed E-state index contributed by atoms with van der Waals surface area (Å²) in [5, 5.41) is 3.19. The zero-order chi connectivity index (χ0) is 18.8. The number of methoxy groups -OCH3 is 1. The van der Waals surface area contributed by atoms with Crippen molar-refractivity contribution in [3.8, 4) is 17.0 Å². The maximum absolute atomic E-state index is 13.3. The van der Waals surface area contributed by atoms with Gasteiger partial charge in [0.05, 0.1) is 24.7 Å². The second-order valence-electron chi connectivity index (χ2n) is 6.15. The van der Waals surface area contributed by atoms with Crippen molar-refractivity contribution in [2.45, 2.75) is 6.54 Å². The van der Waals surface area contributed by atoms with Crippen LogP contribution in [0.25, 0.3) is 16.9 Å². The lowest BCUT2D eigenvalue weighted by atomic mass is 10.1. The number of anilines is 1. The summed E-state index contributed by atoms with van der Waals surface area (Å²) < 4.78 is 33.8. The number of ether oxygens (including phenoxy) is 1. The number of aromatic nitrogens is 2. The summed E-state index contributed by atoms with van der Waals surface area (Å²) in [6.45, 7) is 0.312. The van der Waals surface area contributed by atoms with Crippen molar-refractivity contribution in [2.24, 2.45) is 0 Å². The first-order valence-electron chi connectivity index (χ1n) is 8.43. The molecular formula is C21H17F2N3O. The Morgan fingerprint density at radius 2 is 1.74 bits per heavy atom. The third-order valence-electron chi connectivity index (χ3n) is 4.31. The van der Waals surface area contributed by atoms with Crippen molar-refractivity contribution in [1.29, 1.82) is 0 Å². The van der Waals surface area contributed by atoms with Crippen LogP contribution in [0.2, 0.25) is 0 Å². The predicted octanol–water partition coefficient (Wildman–Crippen LogP) is 4.90. The number of nitrogens with zero attached hydrogens (tertiary/aromatic N) is 2. The molecule has 0 aliphatic rings. The molecule has 0 atom stereocenters. The molecule has 0 saturated carbocycles. The minimum atomic E-state index is -0.585. The van der Waals surface area contributed by atoms with E-state index in [2.05, 4.69) is 10.3 Å². The number of fused-ring (bicyclic) bond motifs is 1. The molecular weight excluding hydrogens is 348 g/mol. The average molecular weight is 365 g/mol. The largest absolute Gasteiger partial charge is 0.497 e. The van der Waals surface area contributed by atoms with E-state index < -0.39 is 11.6 Å². The standard InChI is InChI=1S/C21H17F2N3O/c1-27-19-5-2-15(3-6-19)20-12-25-21-7-4-18(13-26(20)21)24-11-14-8-16(22)10-17(23)9-14/h2-10,12-13,24H,11H2,1H3. The summed E-state index contributed by atoms with van der Waals surface area (Å²) in [4.78, 5) is 4.42. The van der Waals surface area contributed by atoms with Gasteiger partial charge in [0.2, 0.25) is 0 Å². The zero-order valence-corrected chi connectivity index (χ0v) is 14.6. The van der Waals surface area contributed by atoms with Gasteiger partial charge < -0.3 is 10.1 Å². The van der Waals surface area contributed by atoms with Crippen LogP contribution >= 0.6 is 0 Å². The van der Waals surface area contributed by atoms with E-state index in [1.807, 2.05) is 53.2 Å². The monoisotopic (exact) mass is 365 g/mol. The Bertz CT molecular complexity index is 1070. The maximum Gasteiger partial charge on any atom is 0.137 e. The summed E-state index contributed by atoms with van der Waals surface area (Å²) >= 11 is 0. The molecule has 0 unspecified atom stereocenters. The van der Waals surface area contributed by atoms with Gasteiger partial charge in [-0.25, -0.2) is 13.8 Å². The number of hydrogen-bond donors (Lipinski definition) is 1. The van der Waals surface area contributed by atoms with Crippen LogP contribution in [-0.4, -0.2) is 16.5 Å². The quantitative estimate of drug-likeness (QED) is 0.547. The Kier molecular flexibility index (Phi) is 4.46. The van der Waals surface area contributed by atoms with E-state index in [-0.39, 0.29) is 0 Å². The van der Waals surface area contributed by atoms with Gasteiger partial charge in [0, 0.05) is 24.4 Å². The number of benzene rings is 2. The van der Waals surface area contributed by atoms with Gasteiger partial charge in [0.25, 0.3) is 0 Å². The minimum absolute atomic E-state index is 0.312. The Labute approximate surface area is 155 Å². The lowest BCUT2D eigenvalue weighted by Crippen LogP contribution is -2.02. The number of rotatable bonds is 5. The van der Waals surface area contributed by atoms with Gasteiger partial charge in [-0.05, 0) is 54.1 Å². The highest BCUT2D eigenvalue weighted by molar-refractivity contribution is 5.66. The third-order valence-corrected chi connectivity index (χ3v) is 4.31. The molecule has 4 rings (SSSR count). The molecule has 27 heavy (non-hydrogen) atoms. The van der Waals surface area contributed by atoms with E-state index >= 15 is 0 Å². The molecule has 0 saturated heterocycles. The first-order chi connectivity index (χ1) is 13.1. The fourth-order valence-electron chi connectivity index (χ4n) is 2.98. The molecule has 0 radical (unpaired) electrons. The molecule has 0 bridgehead atoms. The second-order valence-corrected chi connectivity index (χ2v) is 6.15. The van der Waals surface area contributed by atoms with Crippen molar-refractivity contribution in [3.05, 3.63) is 84.2 Å². The Balaban J connectivity index is 1.61. The van der Waals surface area contributed by atoms with Crippen LogP contribution in [0.15, 0.2) is 67.0 Å². The van der Waals surface area contributed by atoms with E-state index in [1.54, 1.807) is 7.11 Å². The molecule has 0 aliphatic carbocycles. The SMILES string of the molecule is COc1ccc(-c2cnc3ccc(NCc4cc(F)cc(F)c4)cn23)cc1. The lowest BCUT2D eigenvalue weighted by molar-refractivity contribution is 0.415. The fourth-order valence-corrected chi connectivity index (χ4v) is 2.98. The molecule has 0 spiro atoms. The lowest BCUT2D eigenvalue weighted by Gasteiger charge is -2.09. The normalized spacial score (nSPS) is 10.9. The predicted molar refractivity (Wildman–Crippen MR) is 101 cm³/mol. The molecule has 2 aromatic heterocycles. The molecule has 1 N–H and O–H groups in total. The van der Waals surface area contributed by atoms with Crippen molar-refractivity contribution in [1.82, 2.24) is 9.38 Å². The molecule has 6 heteroatoms. The topological polar surface area (TPSA) is 38.6 Å². The highest BCUT2D eigenvalue weighted by Crippen LogP contribution is 2.25. The highest BCUT2D eigenvalue weighted by Gasteiger charge is 2.07. The smallest absolute Gasteiger partial charge is 0.137 e. The van der Waals surface area contributed by atoms with E-state index in [0.29, 0.717) is 12.1 Å². The number of pyridine rings is 1. The van der Waals surface area contributed by atoms with Crippen LogP contribution in [0.4, 0.5) is 14.5 Å². The molecule has 0 amide bonds. The van der Waals surface area contributed by atoms with Crippen molar-refractivity contribution >= 4 is 11.3 Å². The van der Waals surface area contributed by atoms with Crippen LogP contribution in [0.3, 0.4) is 0 Å². The molecule has 0 aliphatic heterocycles. The fraction of sp³-hybridized carbons (Fsp3) is 0.0952. The summed E-state index contributed by atoms with van der Waals surface area (Å²) in [5.74, 6) is -0.380. The number of hydrogen-bond acceptors (Lipinski definition) is 3. The van der Waals surface area contributed by atoms with Crippen LogP contribution in [-0.2, 0) is 6.54 Å². The molecule has 2 heterocycles. The van der Waals surface area contributed by atoms with Crippen LogP contribution in [0.5, 0.6) is 5.75 Å². The van der Waals surface area contributed by atoms with Gasteiger partial charge in [0.15, 0.2) is 0 Å². The summed E-state index contributed by atoms with van der Waals surface area (Å²) in [7, 11) is 1.63. The second kappa shape index (κ2) is 7.07. The van der Waals surface area contributed by atoms with Gasteiger partial charge in [-0.3, -0.25) is 4.40 Å². The first kappa shape index (κ1) is 17.0. The van der Waals surface area contributed by atoms with Gasteiger partial charge in [-0.2, -0.15) is 0 Å². The van der Waals surface area contributed by atoms with Crippen LogP contribution < -0.4 is 10.1 Å². The maximum atomic E-state index is 13.3. The van der Waals surface area contributed by atoms with Gasteiger partial charge in [0.1, 0.15) is 23.0 Å². The number of nitrogens with one attached hydrogen (secondary N) is 1. The van der Waals surface area contributed by atoms with E-state index in [0.717, 1.165) is 34.4 Å². The number of imidazole rings is 1. The first-order valence-corrected chi connectivity index (χ1v) is 8.43. The van der Waals surface area contributed by atoms with Gasteiger partial charge in [-0.15, -0.1) is 0 Å². The van der Waals surface area contributed by atoms with E-state index in [4.69, 9.17) is 4.74 Å². The summed E-state index contributed by atoms with van der Waals surface area (Å²) in [6, 6.07) is 15.0. The molecule has 2 aromatic carbocycles. The Hall–Kier alpha value is -3.41.